The molecule has 1 aromatic carbocycles. The van der Waals surface area contributed by atoms with Crippen molar-refractivity contribution in [3.63, 3.8) is 0 Å². The summed E-state index contributed by atoms with van der Waals surface area (Å²) in [5, 5.41) is 9.79. The number of hydrogen-bond acceptors (Lipinski definition) is 3. The van der Waals surface area contributed by atoms with Crippen LogP contribution in [0.25, 0.3) is 11.3 Å². The number of carbonyl (C=O) groups is 2. The number of aromatic nitrogens is 2. The van der Waals surface area contributed by atoms with Gasteiger partial charge in [-0.1, -0.05) is 41.0 Å². The van der Waals surface area contributed by atoms with Gasteiger partial charge in [0.1, 0.15) is 6.04 Å². The van der Waals surface area contributed by atoms with E-state index in [1.807, 2.05) is 34.6 Å². The van der Waals surface area contributed by atoms with Crippen LogP contribution in [0.3, 0.4) is 0 Å². The van der Waals surface area contributed by atoms with Gasteiger partial charge in [-0.05, 0) is 36.5 Å². The fourth-order valence-electron chi connectivity index (χ4n) is 3.40. The monoisotopic (exact) mass is 420 g/mol. The topological polar surface area (TPSA) is 76.0 Å². The molecule has 164 valence electrons. The van der Waals surface area contributed by atoms with Gasteiger partial charge >= 0.3 is 6.03 Å². The normalized spacial score (nSPS) is 12.5. The molecule has 0 bridgehead atoms. The van der Waals surface area contributed by atoms with Crippen molar-refractivity contribution in [3.8, 4) is 11.3 Å². The molecule has 0 aliphatic carbocycles. The van der Waals surface area contributed by atoms with Crippen molar-refractivity contribution in [1.82, 2.24) is 20.4 Å². The number of likely N-dealkylation sites (N-methyl/N-ethyl adjacent to an activating group) is 1. The maximum Gasteiger partial charge on any atom is 0.343 e. The van der Waals surface area contributed by atoms with Crippen LogP contribution in [0.5, 0.6) is 0 Å². The lowest BCUT2D eigenvalue weighted by atomic mass is 9.86. The number of nitrogens with zero attached hydrogens (tertiary/aromatic N) is 2. The molecule has 2 aromatic rings. The van der Waals surface area contributed by atoms with Crippen molar-refractivity contribution in [2.24, 2.45) is 5.41 Å². The Labute approximate surface area is 176 Å². The second kappa shape index (κ2) is 9.36. The van der Waals surface area contributed by atoms with Crippen LogP contribution in [0.4, 0.5) is 13.6 Å². The minimum Gasteiger partial charge on any atom is -0.357 e. The van der Waals surface area contributed by atoms with Crippen molar-refractivity contribution in [2.45, 2.75) is 59.9 Å². The molecule has 0 aliphatic rings. The first-order chi connectivity index (χ1) is 14.0. The fraction of sp³-hybridized carbons (Fsp3) is 0.500. The Morgan fingerprint density at radius 2 is 1.83 bits per heavy atom. The summed E-state index contributed by atoms with van der Waals surface area (Å²) in [5.74, 6) is -2.23. The Bertz CT molecular complexity index is 932. The van der Waals surface area contributed by atoms with E-state index in [2.05, 4.69) is 15.7 Å². The van der Waals surface area contributed by atoms with E-state index < -0.39 is 29.1 Å². The molecule has 30 heavy (non-hydrogen) atoms. The van der Waals surface area contributed by atoms with E-state index >= 15 is 0 Å². The Morgan fingerprint density at radius 1 is 1.17 bits per heavy atom. The van der Waals surface area contributed by atoms with Gasteiger partial charge in [0.05, 0.1) is 11.4 Å². The molecule has 1 aromatic heterocycles. The first kappa shape index (κ1) is 23.5. The molecule has 0 saturated carbocycles. The predicted octanol–water partition coefficient (Wildman–Crippen LogP) is 4.06. The Morgan fingerprint density at radius 3 is 2.33 bits per heavy atom. The molecule has 2 rings (SSSR count). The Hall–Kier alpha value is -2.77. The summed E-state index contributed by atoms with van der Waals surface area (Å²) in [4.78, 5) is 25.4. The molecule has 0 fully saturated rings. The third-order valence-electron chi connectivity index (χ3n) is 4.96. The smallest absolute Gasteiger partial charge is 0.343 e. The van der Waals surface area contributed by atoms with E-state index in [-0.39, 0.29) is 5.91 Å². The number of amides is 2. The van der Waals surface area contributed by atoms with E-state index in [4.69, 9.17) is 0 Å². The highest BCUT2D eigenvalue weighted by Gasteiger charge is 2.33. The van der Waals surface area contributed by atoms with Gasteiger partial charge in [-0.25, -0.2) is 13.6 Å². The largest absolute Gasteiger partial charge is 0.357 e. The van der Waals surface area contributed by atoms with Crippen molar-refractivity contribution in [3.05, 3.63) is 41.1 Å². The molecule has 0 unspecified atom stereocenters. The average molecular weight is 421 g/mol. The molecule has 0 saturated heterocycles. The van der Waals surface area contributed by atoms with Crippen LogP contribution < -0.4 is 10.6 Å². The highest BCUT2D eigenvalue weighted by Crippen LogP contribution is 2.28. The van der Waals surface area contributed by atoms with Gasteiger partial charge in [-0.15, -0.1) is 0 Å². The first-order valence-electron chi connectivity index (χ1n) is 10.1. The molecular formula is C22H30F2N4O2. The van der Waals surface area contributed by atoms with Crippen LogP contribution in [0.15, 0.2) is 18.2 Å². The zero-order chi connectivity index (χ0) is 22.6. The maximum atomic E-state index is 13.8. The molecule has 2 N–H and O–H groups in total. The lowest BCUT2D eigenvalue weighted by Crippen LogP contribution is -2.54. The number of benzene rings is 1. The molecule has 6 nitrogen and oxygen atoms in total. The summed E-state index contributed by atoms with van der Waals surface area (Å²) in [6, 6.07) is 2.26. The van der Waals surface area contributed by atoms with Crippen molar-refractivity contribution < 1.29 is 18.4 Å². The lowest BCUT2D eigenvalue weighted by Gasteiger charge is -2.29. The van der Waals surface area contributed by atoms with Crippen LogP contribution in [0.1, 0.15) is 52.3 Å². The molecule has 1 atom stereocenters. The maximum absolute atomic E-state index is 13.8. The predicted molar refractivity (Wildman–Crippen MR) is 112 cm³/mol. The standard InChI is InChI=1S/C22H30F2N4O2/c1-7-9-17-14(8-2)18(13-10-11-15(23)16(24)12-13)27-28(17)21(30)26-19(20(29)25-6)22(3,4)5/h10-12,19H,7-9H2,1-6H3,(H,25,29)(H,26,30)/t19-/m1/s1. The zero-order valence-corrected chi connectivity index (χ0v) is 18.4. The number of hydrogen-bond donors (Lipinski definition) is 2. The second-order valence-electron chi connectivity index (χ2n) is 8.28. The van der Waals surface area contributed by atoms with Gasteiger partial charge < -0.3 is 10.6 Å². The van der Waals surface area contributed by atoms with Gasteiger partial charge in [0.2, 0.25) is 5.91 Å². The second-order valence-corrected chi connectivity index (χ2v) is 8.28. The first-order valence-corrected chi connectivity index (χ1v) is 10.1. The van der Waals surface area contributed by atoms with Crippen molar-refractivity contribution in [1.29, 1.82) is 0 Å². The number of rotatable bonds is 6. The van der Waals surface area contributed by atoms with Gasteiger partial charge in [-0.3, -0.25) is 4.79 Å². The van der Waals surface area contributed by atoms with Crippen LogP contribution >= 0.6 is 0 Å². The fourth-order valence-corrected chi connectivity index (χ4v) is 3.40. The van der Waals surface area contributed by atoms with E-state index in [0.717, 1.165) is 24.1 Å². The molecule has 0 spiro atoms. The molecule has 1 heterocycles. The molecule has 2 amide bonds. The van der Waals surface area contributed by atoms with Gasteiger partial charge in [0.15, 0.2) is 11.6 Å². The van der Waals surface area contributed by atoms with E-state index in [9.17, 15) is 18.4 Å². The summed E-state index contributed by atoms with van der Waals surface area (Å²) in [6.07, 6.45) is 1.91. The van der Waals surface area contributed by atoms with Crippen LogP contribution in [-0.2, 0) is 17.6 Å². The van der Waals surface area contributed by atoms with E-state index in [1.54, 1.807) is 0 Å². The SMILES string of the molecule is CCCc1c(CC)c(-c2ccc(F)c(F)c2)nn1C(=O)N[C@H](C(=O)NC)C(C)(C)C. The summed E-state index contributed by atoms with van der Waals surface area (Å²) in [6.45, 7) is 9.47. The lowest BCUT2D eigenvalue weighted by molar-refractivity contribution is -0.124. The Kier molecular flexibility index (Phi) is 7.34. The third-order valence-corrected chi connectivity index (χ3v) is 4.96. The van der Waals surface area contributed by atoms with Crippen molar-refractivity contribution >= 4 is 11.9 Å². The Balaban J connectivity index is 2.55. The highest BCUT2D eigenvalue weighted by atomic mass is 19.2. The van der Waals surface area contributed by atoms with E-state index in [1.165, 1.54) is 17.8 Å². The molecule has 0 aliphatic heterocycles. The molecule has 0 radical (unpaired) electrons. The van der Waals surface area contributed by atoms with E-state index in [0.29, 0.717) is 29.8 Å². The van der Waals surface area contributed by atoms with Gasteiger partial charge in [0, 0.05) is 18.2 Å². The highest BCUT2D eigenvalue weighted by molar-refractivity contribution is 5.88. The van der Waals surface area contributed by atoms with Crippen LogP contribution in [0.2, 0.25) is 0 Å². The summed E-state index contributed by atoms with van der Waals surface area (Å²) >= 11 is 0. The average Bonchev–Trinajstić information content (AvgIpc) is 3.05. The van der Waals surface area contributed by atoms with Gasteiger partial charge in [-0.2, -0.15) is 9.78 Å². The summed E-state index contributed by atoms with van der Waals surface area (Å²) in [7, 11) is 1.51. The number of halogens is 2. The van der Waals surface area contributed by atoms with Crippen molar-refractivity contribution in [2.75, 3.05) is 7.05 Å². The summed E-state index contributed by atoms with van der Waals surface area (Å²) in [5.41, 5.74) is 1.80. The number of nitrogens with one attached hydrogen (secondary N) is 2. The zero-order valence-electron chi connectivity index (χ0n) is 18.4. The summed E-state index contributed by atoms with van der Waals surface area (Å²) < 4.78 is 28.5. The minimum absolute atomic E-state index is 0.309. The molecular weight excluding hydrogens is 390 g/mol. The number of carbonyl (C=O) groups excluding carboxylic acids is 2. The van der Waals surface area contributed by atoms with Crippen LogP contribution in [0, 0.1) is 17.0 Å². The minimum atomic E-state index is -0.974. The molecule has 8 heteroatoms. The van der Waals surface area contributed by atoms with Crippen LogP contribution in [-0.4, -0.2) is 34.8 Å². The quantitative estimate of drug-likeness (QED) is 0.740. The third kappa shape index (κ3) is 4.86. The van der Waals surface area contributed by atoms with Gasteiger partial charge in [0.25, 0.3) is 0 Å².